The van der Waals surface area contributed by atoms with Crippen LogP contribution in [-0.2, 0) is 15.6 Å². The molecular weight excluding hydrogens is 260 g/mol. The van der Waals surface area contributed by atoms with Gasteiger partial charge in [-0.25, -0.2) is 8.42 Å². The molecule has 0 saturated carbocycles. The molecule has 0 bridgehead atoms. The molecule has 2 N–H and O–H groups in total. The van der Waals surface area contributed by atoms with Gasteiger partial charge in [0.25, 0.3) is 0 Å². The second kappa shape index (κ2) is 5.12. The highest BCUT2D eigenvalue weighted by atomic mass is 32.2. The van der Waals surface area contributed by atoms with Gasteiger partial charge >= 0.3 is 0 Å². The highest BCUT2D eigenvalue weighted by molar-refractivity contribution is 7.90. The number of sulfone groups is 1. The van der Waals surface area contributed by atoms with Crippen LogP contribution in [0.4, 0.5) is 5.69 Å². The average Bonchev–Trinajstić information content (AvgIpc) is 2.40. The van der Waals surface area contributed by atoms with Crippen molar-refractivity contribution in [2.75, 3.05) is 5.73 Å². The van der Waals surface area contributed by atoms with Gasteiger partial charge in [-0.3, -0.25) is 0 Å². The molecule has 0 amide bonds. The summed E-state index contributed by atoms with van der Waals surface area (Å²) in [4.78, 5) is 0.242. The molecule has 96 valence electrons. The number of nitriles is 1. The van der Waals surface area contributed by atoms with E-state index in [1.165, 1.54) is 12.1 Å². The van der Waals surface area contributed by atoms with Gasteiger partial charge < -0.3 is 5.73 Å². The molecule has 0 aliphatic rings. The smallest absolute Gasteiger partial charge is 0.182 e. The van der Waals surface area contributed by atoms with E-state index in [4.69, 9.17) is 11.0 Å². The van der Waals surface area contributed by atoms with E-state index in [1.54, 1.807) is 36.4 Å². The highest BCUT2D eigenvalue weighted by Crippen LogP contribution is 2.18. The Balaban J connectivity index is 2.26. The number of benzene rings is 2. The lowest BCUT2D eigenvalue weighted by atomic mass is 10.2. The van der Waals surface area contributed by atoms with Crippen molar-refractivity contribution in [2.45, 2.75) is 10.6 Å². The first kappa shape index (κ1) is 13.1. The van der Waals surface area contributed by atoms with Gasteiger partial charge in [0.2, 0.25) is 0 Å². The van der Waals surface area contributed by atoms with Crippen molar-refractivity contribution < 1.29 is 8.42 Å². The minimum Gasteiger partial charge on any atom is -0.399 e. The molecule has 0 aromatic heterocycles. The van der Waals surface area contributed by atoms with Crippen molar-refractivity contribution in [2.24, 2.45) is 0 Å². The molecule has 0 aliphatic carbocycles. The summed E-state index contributed by atoms with van der Waals surface area (Å²) in [6, 6.07) is 14.6. The maximum absolute atomic E-state index is 12.2. The fourth-order valence-corrected chi connectivity index (χ4v) is 3.00. The molecule has 0 spiro atoms. The summed E-state index contributed by atoms with van der Waals surface area (Å²) >= 11 is 0. The number of nitrogens with two attached hydrogens (primary N) is 1. The van der Waals surface area contributed by atoms with Gasteiger partial charge in [-0.15, -0.1) is 0 Å². The molecule has 0 saturated heterocycles. The highest BCUT2D eigenvalue weighted by Gasteiger charge is 2.14. The van der Waals surface area contributed by atoms with Gasteiger partial charge in [0.05, 0.1) is 22.3 Å². The third-order valence-electron chi connectivity index (χ3n) is 2.68. The molecule has 4 nitrogen and oxygen atoms in total. The van der Waals surface area contributed by atoms with Crippen LogP contribution >= 0.6 is 0 Å². The molecule has 0 atom stereocenters. The van der Waals surface area contributed by atoms with Crippen molar-refractivity contribution in [3.8, 4) is 6.07 Å². The van der Waals surface area contributed by atoms with Gasteiger partial charge in [-0.2, -0.15) is 5.26 Å². The first-order valence-corrected chi connectivity index (χ1v) is 7.24. The van der Waals surface area contributed by atoms with Crippen LogP contribution in [0.15, 0.2) is 53.4 Å². The summed E-state index contributed by atoms with van der Waals surface area (Å²) < 4.78 is 24.3. The summed E-state index contributed by atoms with van der Waals surface area (Å²) in [6.07, 6.45) is 0. The molecular formula is C14H12N2O2S. The molecule has 0 radical (unpaired) electrons. The fraction of sp³-hybridized carbons (Fsp3) is 0.0714. The minimum atomic E-state index is -3.39. The van der Waals surface area contributed by atoms with Crippen molar-refractivity contribution >= 4 is 15.5 Å². The number of hydrogen-bond donors (Lipinski definition) is 1. The Morgan fingerprint density at radius 2 is 1.58 bits per heavy atom. The normalized spacial score (nSPS) is 10.9. The molecule has 2 aromatic rings. The van der Waals surface area contributed by atoms with Gasteiger partial charge in [-0.1, -0.05) is 12.1 Å². The summed E-state index contributed by atoms with van der Waals surface area (Å²) in [5, 5.41) is 8.68. The van der Waals surface area contributed by atoms with E-state index in [-0.39, 0.29) is 10.6 Å². The van der Waals surface area contributed by atoms with Crippen molar-refractivity contribution in [3.63, 3.8) is 0 Å². The third-order valence-corrected chi connectivity index (χ3v) is 4.38. The Hall–Kier alpha value is -2.32. The van der Waals surface area contributed by atoms with Crippen LogP contribution in [0.2, 0.25) is 0 Å². The Morgan fingerprint density at radius 3 is 2.11 bits per heavy atom. The van der Waals surface area contributed by atoms with Crippen LogP contribution in [0.1, 0.15) is 11.1 Å². The van der Waals surface area contributed by atoms with Crippen molar-refractivity contribution in [1.29, 1.82) is 5.26 Å². The maximum Gasteiger partial charge on any atom is 0.182 e. The summed E-state index contributed by atoms with van der Waals surface area (Å²) in [5.74, 6) is -0.0946. The molecule has 2 aromatic carbocycles. The third kappa shape index (κ3) is 3.12. The number of nitrogen functional groups attached to an aromatic ring is 1. The zero-order chi connectivity index (χ0) is 13.9. The lowest BCUT2D eigenvalue weighted by Gasteiger charge is -2.05. The van der Waals surface area contributed by atoms with E-state index in [0.29, 0.717) is 16.8 Å². The Labute approximate surface area is 112 Å². The molecule has 0 unspecified atom stereocenters. The molecule has 5 heteroatoms. The fourth-order valence-electron chi connectivity index (χ4n) is 1.65. The lowest BCUT2D eigenvalue weighted by molar-refractivity contribution is 0.595. The quantitative estimate of drug-likeness (QED) is 0.867. The molecule has 19 heavy (non-hydrogen) atoms. The second-order valence-electron chi connectivity index (χ2n) is 4.14. The molecule has 2 rings (SSSR count). The van der Waals surface area contributed by atoms with E-state index in [1.807, 2.05) is 6.07 Å². The average molecular weight is 272 g/mol. The number of nitrogens with zero attached hydrogens (tertiary/aromatic N) is 1. The zero-order valence-electron chi connectivity index (χ0n) is 10.1. The summed E-state index contributed by atoms with van der Waals surface area (Å²) in [6.45, 7) is 0. The van der Waals surface area contributed by atoms with Gasteiger partial charge in [0.15, 0.2) is 9.84 Å². The summed E-state index contributed by atoms with van der Waals surface area (Å²) in [7, 11) is -3.39. The van der Waals surface area contributed by atoms with E-state index in [2.05, 4.69) is 0 Å². The van der Waals surface area contributed by atoms with Crippen LogP contribution in [0.5, 0.6) is 0 Å². The topological polar surface area (TPSA) is 84.0 Å². The van der Waals surface area contributed by atoms with Crippen LogP contribution in [-0.4, -0.2) is 8.42 Å². The first-order chi connectivity index (χ1) is 9.01. The number of rotatable bonds is 3. The predicted octanol–water partition coefficient (Wildman–Crippen LogP) is 2.11. The van der Waals surface area contributed by atoms with Gasteiger partial charge in [-0.05, 0) is 42.0 Å². The Morgan fingerprint density at radius 1 is 1.00 bits per heavy atom. The minimum absolute atomic E-state index is 0.0946. The monoisotopic (exact) mass is 272 g/mol. The van der Waals surface area contributed by atoms with Gasteiger partial charge in [0.1, 0.15) is 0 Å². The largest absolute Gasteiger partial charge is 0.399 e. The van der Waals surface area contributed by atoms with E-state index in [0.717, 1.165) is 0 Å². The number of anilines is 1. The Bertz CT molecular complexity index is 712. The predicted molar refractivity (Wildman–Crippen MR) is 72.9 cm³/mol. The maximum atomic E-state index is 12.2. The van der Waals surface area contributed by atoms with E-state index in [9.17, 15) is 8.42 Å². The summed E-state index contributed by atoms with van der Waals surface area (Å²) in [5.41, 5.74) is 7.21. The van der Waals surface area contributed by atoms with Crippen LogP contribution in [0.3, 0.4) is 0 Å². The number of hydrogen-bond acceptors (Lipinski definition) is 4. The second-order valence-corrected chi connectivity index (χ2v) is 6.13. The van der Waals surface area contributed by atoms with Gasteiger partial charge in [0, 0.05) is 5.69 Å². The lowest BCUT2D eigenvalue weighted by Crippen LogP contribution is -2.05. The van der Waals surface area contributed by atoms with Crippen LogP contribution < -0.4 is 5.73 Å². The molecule has 0 aliphatic heterocycles. The molecule has 0 fully saturated rings. The van der Waals surface area contributed by atoms with Crippen LogP contribution in [0.25, 0.3) is 0 Å². The Kier molecular flexibility index (Phi) is 3.54. The van der Waals surface area contributed by atoms with Crippen molar-refractivity contribution in [3.05, 3.63) is 59.7 Å². The van der Waals surface area contributed by atoms with Crippen molar-refractivity contribution in [1.82, 2.24) is 0 Å². The first-order valence-electron chi connectivity index (χ1n) is 5.58. The molecule has 0 heterocycles. The SMILES string of the molecule is N#Cc1ccc(CS(=O)(=O)c2ccc(N)cc2)cc1. The van der Waals surface area contributed by atoms with E-state index < -0.39 is 9.84 Å². The van der Waals surface area contributed by atoms with Crippen LogP contribution in [0, 0.1) is 11.3 Å². The zero-order valence-corrected chi connectivity index (χ0v) is 10.9. The van der Waals surface area contributed by atoms with E-state index >= 15 is 0 Å². The standard InChI is InChI=1S/C14H12N2O2S/c15-9-11-1-3-12(4-2-11)10-19(17,18)14-7-5-13(16)6-8-14/h1-8H,10,16H2.